The Balaban J connectivity index is 2.34. The SMILES string of the molecule is CC(C)c1[nH]nc2c1[C@H](c1c(F)cccc1Cl)C(C#N)=C(N)O2. The zero-order valence-electron chi connectivity index (χ0n) is 12.5. The largest absolute Gasteiger partial charge is 0.420 e. The molecule has 1 aliphatic heterocycles. The van der Waals surface area contributed by atoms with Gasteiger partial charge in [0, 0.05) is 16.3 Å². The molecule has 1 aliphatic rings. The molecule has 3 N–H and O–H groups in total. The maximum atomic E-state index is 14.5. The number of H-pyrrole nitrogens is 1. The maximum absolute atomic E-state index is 14.5. The molecule has 23 heavy (non-hydrogen) atoms. The maximum Gasteiger partial charge on any atom is 0.244 e. The summed E-state index contributed by atoms with van der Waals surface area (Å²) in [5, 5.41) is 16.7. The van der Waals surface area contributed by atoms with E-state index in [4.69, 9.17) is 22.1 Å². The lowest BCUT2D eigenvalue weighted by Crippen LogP contribution is -2.22. The number of rotatable bonds is 2. The monoisotopic (exact) mass is 332 g/mol. The van der Waals surface area contributed by atoms with Crippen molar-refractivity contribution in [3.05, 3.63) is 57.3 Å². The highest BCUT2D eigenvalue weighted by molar-refractivity contribution is 6.31. The molecule has 2 aromatic rings. The molecule has 0 saturated heterocycles. The number of nitrogens with zero attached hydrogens (tertiary/aromatic N) is 2. The van der Waals surface area contributed by atoms with Crippen LogP contribution in [0.1, 0.15) is 42.5 Å². The van der Waals surface area contributed by atoms with Gasteiger partial charge >= 0.3 is 0 Å². The van der Waals surface area contributed by atoms with Gasteiger partial charge in [-0.15, -0.1) is 5.10 Å². The Hall–Kier alpha value is -2.52. The van der Waals surface area contributed by atoms with E-state index >= 15 is 0 Å². The van der Waals surface area contributed by atoms with Crippen molar-refractivity contribution >= 4 is 11.6 Å². The summed E-state index contributed by atoms with van der Waals surface area (Å²) in [6.07, 6.45) is 0. The average molecular weight is 333 g/mol. The highest BCUT2D eigenvalue weighted by Gasteiger charge is 2.38. The first-order valence-electron chi connectivity index (χ1n) is 7.05. The van der Waals surface area contributed by atoms with E-state index in [0.717, 1.165) is 5.69 Å². The molecule has 118 valence electrons. The molecular weight excluding hydrogens is 319 g/mol. The molecule has 0 radical (unpaired) electrons. The van der Waals surface area contributed by atoms with E-state index in [1.807, 2.05) is 19.9 Å². The van der Waals surface area contributed by atoms with Gasteiger partial charge in [-0.25, -0.2) is 4.39 Å². The second kappa shape index (κ2) is 5.60. The lowest BCUT2D eigenvalue weighted by Gasteiger charge is -2.25. The summed E-state index contributed by atoms with van der Waals surface area (Å²) in [7, 11) is 0. The number of halogens is 2. The lowest BCUT2D eigenvalue weighted by atomic mass is 9.82. The Morgan fingerprint density at radius 3 is 2.78 bits per heavy atom. The molecule has 1 aromatic carbocycles. The molecule has 0 bridgehead atoms. The first-order chi connectivity index (χ1) is 11.0. The van der Waals surface area contributed by atoms with Crippen LogP contribution in [0.4, 0.5) is 4.39 Å². The molecule has 1 aromatic heterocycles. The smallest absolute Gasteiger partial charge is 0.244 e. The molecule has 5 nitrogen and oxygen atoms in total. The van der Waals surface area contributed by atoms with Crippen molar-refractivity contribution in [2.75, 3.05) is 0 Å². The highest BCUT2D eigenvalue weighted by Crippen LogP contribution is 2.46. The Morgan fingerprint density at radius 1 is 1.43 bits per heavy atom. The second-order valence-corrected chi connectivity index (χ2v) is 5.98. The number of fused-ring (bicyclic) bond motifs is 1. The van der Waals surface area contributed by atoms with Crippen LogP contribution in [-0.2, 0) is 0 Å². The zero-order valence-corrected chi connectivity index (χ0v) is 13.3. The summed E-state index contributed by atoms with van der Waals surface area (Å²) in [6.45, 7) is 3.92. The molecule has 0 fully saturated rings. The van der Waals surface area contributed by atoms with Crippen LogP contribution in [0.25, 0.3) is 0 Å². The molecule has 2 heterocycles. The molecule has 0 spiro atoms. The van der Waals surface area contributed by atoms with Crippen LogP contribution in [0, 0.1) is 17.1 Å². The van der Waals surface area contributed by atoms with E-state index in [0.29, 0.717) is 5.56 Å². The van der Waals surface area contributed by atoms with Crippen molar-refractivity contribution in [3.8, 4) is 11.9 Å². The molecule has 3 rings (SSSR count). The molecule has 1 atom stereocenters. The van der Waals surface area contributed by atoms with Gasteiger partial charge in [0.25, 0.3) is 0 Å². The summed E-state index contributed by atoms with van der Waals surface area (Å²) in [4.78, 5) is 0. The van der Waals surface area contributed by atoms with Crippen molar-refractivity contribution in [2.24, 2.45) is 5.73 Å². The normalized spacial score (nSPS) is 17.0. The molecule has 0 amide bonds. The van der Waals surface area contributed by atoms with Crippen molar-refractivity contribution in [1.82, 2.24) is 10.2 Å². The first-order valence-corrected chi connectivity index (χ1v) is 7.43. The van der Waals surface area contributed by atoms with E-state index in [9.17, 15) is 9.65 Å². The zero-order chi connectivity index (χ0) is 16.7. The Labute approximate surface area is 137 Å². The van der Waals surface area contributed by atoms with Crippen LogP contribution in [0.2, 0.25) is 5.02 Å². The first kappa shape index (κ1) is 15.4. The van der Waals surface area contributed by atoms with Crippen molar-refractivity contribution in [2.45, 2.75) is 25.7 Å². The fraction of sp³-hybridized carbons (Fsp3) is 0.250. The summed E-state index contributed by atoms with van der Waals surface area (Å²) in [5.41, 5.74) is 7.50. The standard InChI is InChI=1S/C16H14ClFN4O/c1-7(2)14-13-11(12-9(17)4-3-5-10(12)18)8(6-19)15(20)23-16(13)22-21-14/h3-5,7,11H,20H2,1-2H3,(H,21,22)/t11-/m0/s1. The summed E-state index contributed by atoms with van der Waals surface area (Å²) < 4.78 is 19.9. The quantitative estimate of drug-likeness (QED) is 0.880. The third kappa shape index (κ3) is 2.34. The van der Waals surface area contributed by atoms with Crippen LogP contribution in [0.5, 0.6) is 5.88 Å². The number of nitrogens with one attached hydrogen (secondary N) is 1. The number of benzene rings is 1. The van der Waals surface area contributed by atoms with E-state index in [-0.39, 0.29) is 33.8 Å². The number of nitriles is 1. The predicted molar refractivity (Wildman–Crippen MR) is 83.4 cm³/mol. The number of allylic oxidation sites excluding steroid dienone is 1. The van der Waals surface area contributed by atoms with Gasteiger partial charge in [0.15, 0.2) is 0 Å². The van der Waals surface area contributed by atoms with Gasteiger partial charge < -0.3 is 10.5 Å². The molecule has 0 unspecified atom stereocenters. The van der Waals surface area contributed by atoms with Crippen LogP contribution in [-0.4, -0.2) is 10.2 Å². The van der Waals surface area contributed by atoms with E-state index in [2.05, 4.69) is 10.2 Å². The highest BCUT2D eigenvalue weighted by atomic mass is 35.5. The number of ether oxygens (including phenoxy) is 1. The third-order valence-electron chi connectivity index (χ3n) is 3.83. The predicted octanol–water partition coefficient (Wildman–Crippen LogP) is 3.54. The van der Waals surface area contributed by atoms with Gasteiger partial charge in [0.2, 0.25) is 11.8 Å². The molecule has 0 aliphatic carbocycles. The lowest BCUT2D eigenvalue weighted by molar-refractivity contribution is 0.377. The molecule has 0 saturated carbocycles. The van der Waals surface area contributed by atoms with Gasteiger partial charge in [0.1, 0.15) is 17.5 Å². The summed E-state index contributed by atoms with van der Waals surface area (Å²) >= 11 is 6.21. The van der Waals surface area contributed by atoms with Gasteiger partial charge in [-0.1, -0.05) is 31.5 Å². The van der Waals surface area contributed by atoms with Gasteiger partial charge in [-0.3, -0.25) is 5.10 Å². The van der Waals surface area contributed by atoms with Crippen molar-refractivity contribution < 1.29 is 9.13 Å². The fourth-order valence-electron chi connectivity index (χ4n) is 2.78. The van der Waals surface area contributed by atoms with Crippen LogP contribution >= 0.6 is 11.6 Å². The summed E-state index contributed by atoms with van der Waals surface area (Å²) in [6, 6.07) is 6.41. The minimum atomic E-state index is -0.756. The number of aromatic amines is 1. The summed E-state index contributed by atoms with van der Waals surface area (Å²) in [5.74, 6) is -1.04. The minimum absolute atomic E-state index is 0.0715. The van der Waals surface area contributed by atoms with Crippen molar-refractivity contribution in [1.29, 1.82) is 5.26 Å². The van der Waals surface area contributed by atoms with Gasteiger partial charge in [0.05, 0.1) is 11.5 Å². The Morgan fingerprint density at radius 2 is 2.17 bits per heavy atom. The second-order valence-electron chi connectivity index (χ2n) is 5.57. The Bertz CT molecular complexity index is 830. The number of aromatic nitrogens is 2. The third-order valence-corrected chi connectivity index (χ3v) is 4.16. The minimum Gasteiger partial charge on any atom is -0.420 e. The van der Waals surface area contributed by atoms with Crippen LogP contribution in [0.3, 0.4) is 0 Å². The number of hydrogen-bond donors (Lipinski definition) is 2. The number of hydrogen-bond acceptors (Lipinski definition) is 4. The number of nitrogens with two attached hydrogens (primary N) is 1. The van der Waals surface area contributed by atoms with E-state index in [1.54, 1.807) is 6.07 Å². The fourth-order valence-corrected chi connectivity index (χ4v) is 3.06. The van der Waals surface area contributed by atoms with E-state index in [1.165, 1.54) is 12.1 Å². The average Bonchev–Trinajstić information content (AvgIpc) is 2.90. The van der Waals surface area contributed by atoms with Gasteiger partial charge in [-0.2, -0.15) is 5.26 Å². The Kier molecular flexibility index (Phi) is 3.74. The van der Waals surface area contributed by atoms with Crippen LogP contribution < -0.4 is 10.5 Å². The van der Waals surface area contributed by atoms with Crippen molar-refractivity contribution in [3.63, 3.8) is 0 Å². The van der Waals surface area contributed by atoms with E-state index < -0.39 is 11.7 Å². The molecular formula is C16H14ClFN4O. The van der Waals surface area contributed by atoms with Gasteiger partial charge in [-0.05, 0) is 18.1 Å². The topological polar surface area (TPSA) is 87.7 Å². The van der Waals surface area contributed by atoms with Crippen LogP contribution in [0.15, 0.2) is 29.7 Å². The molecule has 7 heteroatoms.